The summed E-state index contributed by atoms with van der Waals surface area (Å²) in [6, 6.07) is 0. The fourth-order valence-electron chi connectivity index (χ4n) is 1.28. The molecule has 0 saturated heterocycles. The Kier molecular flexibility index (Phi) is 11.4. The molecule has 0 aromatic heterocycles. The SMILES string of the molecule is CCCCCCCCCC=CBr. The summed E-state index contributed by atoms with van der Waals surface area (Å²) in [6.07, 6.45) is 13.3. The van der Waals surface area contributed by atoms with Crippen molar-refractivity contribution in [1.29, 1.82) is 0 Å². The lowest BCUT2D eigenvalue weighted by Crippen LogP contribution is -1.78. The van der Waals surface area contributed by atoms with Crippen LogP contribution in [-0.2, 0) is 0 Å². The Morgan fingerprint density at radius 2 is 1.50 bits per heavy atom. The standard InChI is InChI=1S/C11H21Br/c1-2-3-4-5-6-7-8-9-10-11-12/h10-11H,2-9H2,1H3. The van der Waals surface area contributed by atoms with Gasteiger partial charge in [0.2, 0.25) is 0 Å². The highest BCUT2D eigenvalue weighted by atomic mass is 79.9. The summed E-state index contributed by atoms with van der Waals surface area (Å²) >= 11 is 3.27. The average molecular weight is 233 g/mol. The van der Waals surface area contributed by atoms with Gasteiger partial charge in [-0.05, 0) is 17.8 Å². The highest BCUT2D eigenvalue weighted by Gasteiger charge is 1.88. The molecule has 0 heterocycles. The van der Waals surface area contributed by atoms with E-state index in [-0.39, 0.29) is 0 Å². The van der Waals surface area contributed by atoms with Gasteiger partial charge in [-0.15, -0.1) is 0 Å². The Hall–Kier alpha value is 0.220. The third kappa shape index (κ3) is 10.2. The Morgan fingerprint density at radius 1 is 0.917 bits per heavy atom. The van der Waals surface area contributed by atoms with Gasteiger partial charge in [0.05, 0.1) is 0 Å². The van der Waals surface area contributed by atoms with Gasteiger partial charge in [-0.3, -0.25) is 0 Å². The molecule has 1 heteroatoms. The monoisotopic (exact) mass is 232 g/mol. The van der Waals surface area contributed by atoms with Gasteiger partial charge in [-0.2, -0.15) is 0 Å². The average Bonchev–Trinajstić information content (AvgIpc) is 2.10. The molecule has 0 amide bonds. The summed E-state index contributed by atoms with van der Waals surface area (Å²) < 4.78 is 0. The smallest absolute Gasteiger partial charge is 0.0229 e. The van der Waals surface area contributed by atoms with Gasteiger partial charge in [-0.25, -0.2) is 0 Å². The minimum absolute atomic E-state index is 1.24. The number of halogens is 1. The lowest BCUT2D eigenvalue weighted by Gasteiger charge is -1.98. The van der Waals surface area contributed by atoms with Gasteiger partial charge in [-0.1, -0.05) is 67.5 Å². The molecule has 0 saturated carbocycles. The van der Waals surface area contributed by atoms with Crippen molar-refractivity contribution in [2.75, 3.05) is 0 Å². The largest absolute Gasteiger partial charge is 0.0776 e. The molecule has 0 spiro atoms. The highest BCUT2D eigenvalue weighted by Crippen LogP contribution is 2.08. The molecule has 0 nitrogen and oxygen atoms in total. The summed E-state index contributed by atoms with van der Waals surface area (Å²) in [5, 5.41) is 0. The molecule has 72 valence electrons. The maximum absolute atomic E-state index is 3.27. The lowest BCUT2D eigenvalue weighted by molar-refractivity contribution is 0.592. The van der Waals surface area contributed by atoms with Crippen LogP contribution in [-0.4, -0.2) is 0 Å². The zero-order chi connectivity index (χ0) is 9.07. The van der Waals surface area contributed by atoms with Crippen LogP contribution in [0, 0.1) is 0 Å². The van der Waals surface area contributed by atoms with Crippen molar-refractivity contribution in [3.63, 3.8) is 0 Å². The minimum atomic E-state index is 1.24. The lowest BCUT2D eigenvalue weighted by atomic mass is 10.1. The summed E-state index contributed by atoms with van der Waals surface area (Å²) in [5.41, 5.74) is 0. The van der Waals surface area contributed by atoms with Gasteiger partial charge in [0.25, 0.3) is 0 Å². The van der Waals surface area contributed by atoms with Gasteiger partial charge in [0, 0.05) is 0 Å². The van der Waals surface area contributed by atoms with Crippen LogP contribution in [0.1, 0.15) is 58.3 Å². The predicted octanol–water partition coefficient (Wildman–Crippen LogP) is 5.04. The Balaban J connectivity index is 2.81. The van der Waals surface area contributed by atoms with Crippen molar-refractivity contribution >= 4 is 15.9 Å². The van der Waals surface area contributed by atoms with Crippen molar-refractivity contribution in [3.05, 3.63) is 11.1 Å². The van der Waals surface area contributed by atoms with Crippen molar-refractivity contribution < 1.29 is 0 Å². The van der Waals surface area contributed by atoms with E-state index in [1.807, 2.05) is 4.99 Å². The van der Waals surface area contributed by atoms with Crippen LogP contribution in [0.25, 0.3) is 0 Å². The summed E-state index contributed by atoms with van der Waals surface area (Å²) in [7, 11) is 0. The first kappa shape index (κ1) is 12.2. The molecule has 0 fully saturated rings. The van der Waals surface area contributed by atoms with E-state index in [0.717, 1.165) is 0 Å². The number of allylic oxidation sites excluding steroid dienone is 1. The molecule has 0 rings (SSSR count). The fourth-order valence-corrected chi connectivity index (χ4v) is 1.55. The minimum Gasteiger partial charge on any atom is -0.0776 e. The number of unbranched alkanes of at least 4 members (excludes halogenated alkanes) is 7. The van der Waals surface area contributed by atoms with Crippen LogP contribution >= 0.6 is 15.9 Å². The van der Waals surface area contributed by atoms with E-state index in [4.69, 9.17) is 0 Å². The Bertz CT molecular complexity index is 97.2. The molecule has 0 aromatic carbocycles. The molecule has 0 N–H and O–H groups in total. The summed E-state index contributed by atoms with van der Waals surface area (Å²) in [6.45, 7) is 2.26. The van der Waals surface area contributed by atoms with E-state index in [9.17, 15) is 0 Å². The Labute approximate surface area is 85.6 Å². The van der Waals surface area contributed by atoms with E-state index in [2.05, 4.69) is 28.9 Å². The van der Waals surface area contributed by atoms with Gasteiger partial charge >= 0.3 is 0 Å². The normalized spacial score (nSPS) is 11.2. The van der Waals surface area contributed by atoms with Crippen LogP contribution in [0.15, 0.2) is 11.1 Å². The maximum Gasteiger partial charge on any atom is -0.0229 e. The van der Waals surface area contributed by atoms with Crippen molar-refractivity contribution in [2.45, 2.75) is 58.3 Å². The molecular formula is C11H21Br. The second-order valence-electron chi connectivity index (χ2n) is 3.27. The van der Waals surface area contributed by atoms with Crippen molar-refractivity contribution in [3.8, 4) is 0 Å². The van der Waals surface area contributed by atoms with E-state index < -0.39 is 0 Å². The molecule has 0 aliphatic carbocycles. The molecule has 12 heavy (non-hydrogen) atoms. The second kappa shape index (κ2) is 11.2. The van der Waals surface area contributed by atoms with Gasteiger partial charge in [0.1, 0.15) is 0 Å². The van der Waals surface area contributed by atoms with E-state index >= 15 is 0 Å². The zero-order valence-corrected chi connectivity index (χ0v) is 9.78. The van der Waals surface area contributed by atoms with E-state index in [1.165, 1.54) is 51.4 Å². The number of hydrogen-bond donors (Lipinski definition) is 0. The molecule has 0 aromatic rings. The second-order valence-corrected chi connectivity index (χ2v) is 3.80. The summed E-state index contributed by atoms with van der Waals surface area (Å²) in [4.78, 5) is 1.96. The third-order valence-electron chi connectivity index (χ3n) is 2.06. The highest BCUT2D eigenvalue weighted by molar-refractivity contribution is 9.11. The van der Waals surface area contributed by atoms with Crippen LogP contribution in [0.5, 0.6) is 0 Å². The molecule has 0 atom stereocenters. The van der Waals surface area contributed by atoms with Crippen LogP contribution < -0.4 is 0 Å². The fraction of sp³-hybridized carbons (Fsp3) is 0.818. The maximum atomic E-state index is 3.27. The molecular weight excluding hydrogens is 212 g/mol. The molecule has 0 radical (unpaired) electrons. The zero-order valence-electron chi connectivity index (χ0n) is 8.19. The van der Waals surface area contributed by atoms with E-state index in [1.54, 1.807) is 0 Å². The van der Waals surface area contributed by atoms with Crippen LogP contribution in [0.3, 0.4) is 0 Å². The van der Waals surface area contributed by atoms with Crippen LogP contribution in [0.4, 0.5) is 0 Å². The summed E-state index contributed by atoms with van der Waals surface area (Å²) in [5.74, 6) is 0. The first-order valence-corrected chi connectivity index (χ1v) is 6.08. The molecule has 0 bridgehead atoms. The molecule has 0 aliphatic rings. The predicted molar refractivity (Wildman–Crippen MR) is 60.7 cm³/mol. The third-order valence-corrected chi connectivity index (χ3v) is 2.44. The van der Waals surface area contributed by atoms with Crippen molar-refractivity contribution in [1.82, 2.24) is 0 Å². The molecule has 0 aliphatic heterocycles. The number of hydrogen-bond acceptors (Lipinski definition) is 0. The van der Waals surface area contributed by atoms with E-state index in [0.29, 0.717) is 0 Å². The first-order chi connectivity index (χ1) is 5.91. The molecule has 0 unspecified atom stereocenters. The quantitative estimate of drug-likeness (QED) is 0.515. The van der Waals surface area contributed by atoms with Gasteiger partial charge < -0.3 is 0 Å². The first-order valence-electron chi connectivity index (χ1n) is 5.17. The van der Waals surface area contributed by atoms with Crippen molar-refractivity contribution in [2.24, 2.45) is 0 Å². The Morgan fingerprint density at radius 3 is 2.08 bits per heavy atom. The topological polar surface area (TPSA) is 0 Å². The van der Waals surface area contributed by atoms with Gasteiger partial charge in [0.15, 0.2) is 0 Å². The number of rotatable bonds is 8. The van der Waals surface area contributed by atoms with Crippen LogP contribution in [0.2, 0.25) is 0 Å².